The van der Waals surface area contributed by atoms with Crippen molar-refractivity contribution in [1.29, 1.82) is 0 Å². The lowest BCUT2D eigenvalue weighted by Gasteiger charge is -2.47. The van der Waals surface area contributed by atoms with Gasteiger partial charge in [-0.2, -0.15) is 0 Å². The molecule has 0 aliphatic carbocycles. The summed E-state index contributed by atoms with van der Waals surface area (Å²) in [5.74, 6) is 0.00513. The summed E-state index contributed by atoms with van der Waals surface area (Å²) in [5.41, 5.74) is 1.99. The molecule has 3 heterocycles. The third kappa shape index (κ3) is 4.40. The molecule has 0 radical (unpaired) electrons. The molecule has 2 saturated heterocycles. The molecule has 1 aromatic heterocycles. The number of anilines is 1. The predicted molar refractivity (Wildman–Crippen MR) is 110 cm³/mol. The number of rotatable bonds is 2. The van der Waals surface area contributed by atoms with Gasteiger partial charge in [0.1, 0.15) is 0 Å². The lowest BCUT2D eigenvalue weighted by atomic mass is 9.89. The van der Waals surface area contributed by atoms with Gasteiger partial charge in [-0.3, -0.25) is 9.78 Å². The summed E-state index contributed by atoms with van der Waals surface area (Å²) in [6.45, 7) is 4.78. The van der Waals surface area contributed by atoms with Crippen LogP contribution in [-0.4, -0.2) is 65.1 Å². The van der Waals surface area contributed by atoms with Crippen LogP contribution in [0.25, 0.3) is 0 Å². The number of nitrogens with one attached hydrogen (secondary N) is 1. The van der Waals surface area contributed by atoms with Gasteiger partial charge in [0.2, 0.25) is 0 Å². The molecular weight excluding hydrogens is 368 g/mol. The summed E-state index contributed by atoms with van der Waals surface area (Å²) in [6, 6.07) is 11.2. The Morgan fingerprint density at radius 2 is 1.83 bits per heavy atom. The molecule has 2 fully saturated rings. The van der Waals surface area contributed by atoms with Crippen LogP contribution in [0, 0.1) is 6.92 Å². The lowest BCUT2D eigenvalue weighted by Crippen LogP contribution is -2.59. The number of aryl methyl sites for hydroxylation is 1. The number of para-hydroxylation sites is 1. The number of pyridine rings is 1. The molecule has 0 unspecified atom stereocenters. The highest BCUT2D eigenvalue weighted by atomic mass is 16.5. The van der Waals surface area contributed by atoms with Crippen molar-refractivity contribution in [3.05, 3.63) is 59.9 Å². The number of ether oxygens (including phenoxy) is 1. The Balaban J connectivity index is 1.36. The Bertz CT molecular complexity index is 879. The summed E-state index contributed by atoms with van der Waals surface area (Å²) in [7, 11) is 0. The van der Waals surface area contributed by atoms with E-state index in [1.807, 2.05) is 53.1 Å². The van der Waals surface area contributed by atoms with Crippen LogP contribution >= 0.6 is 0 Å². The Kier molecular flexibility index (Phi) is 5.49. The second kappa shape index (κ2) is 8.21. The highest BCUT2D eigenvalue weighted by molar-refractivity contribution is 5.94. The van der Waals surface area contributed by atoms with E-state index in [4.69, 9.17) is 4.74 Å². The molecule has 0 saturated carbocycles. The van der Waals surface area contributed by atoms with Crippen LogP contribution in [-0.2, 0) is 4.74 Å². The molecule has 2 aliphatic heterocycles. The average Bonchev–Trinajstić information content (AvgIpc) is 2.75. The van der Waals surface area contributed by atoms with Crippen molar-refractivity contribution in [3.63, 3.8) is 0 Å². The number of carbonyl (C=O) groups is 2. The minimum atomic E-state index is -0.381. The molecule has 2 aromatic rings. The maximum absolute atomic E-state index is 12.8. The van der Waals surface area contributed by atoms with E-state index >= 15 is 0 Å². The number of hydrogen-bond donors (Lipinski definition) is 1. The van der Waals surface area contributed by atoms with Gasteiger partial charge in [0.15, 0.2) is 0 Å². The van der Waals surface area contributed by atoms with E-state index in [0.717, 1.165) is 11.3 Å². The van der Waals surface area contributed by atoms with Crippen molar-refractivity contribution in [2.45, 2.75) is 25.4 Å². The van der Waals surface area contributed by atoms with Gasteiger partial charge in [0, 0.05) is 37.7 Å². The standard InChI is InChI=1S/C22H26N4O3/c1-17-13-18(15-23-14-17)20(27)25-9-7-22(8-10-25)16-26(11-12-29-22)21(28)24-19-5-3-2-4-6-19/h2-6,13-15H,7-12,16H2,1H3,(H,24,28). The van der Waals surface area contributed by atoms with Gasteiger partial charge in [-0.1, -0.05) is 18.2 Å². The first-order chi connectivity index (χ1) is 14.0. The lowest BCUT2D eigenvalue weighted by molar-refractivity contribution is -0.121. The molecule has 29 heavy (non-hydrogen) atoms. The Morgan fingerprint density at radius 3 is 2.55 bits per heavy atom. The van der Waals surface area contributed by atoms with E-state index in [1.54, 1.807) is 12.4 Å². The van der Waals surface area contributed by atoms with Gasteiger partial charge < -0.3 is 19.9 Å². The van der Waals surface area contributed by atoms with Gasteiger partial charge in [-0.05, 0) is 43.5 Å². The fourth-order valence-electron chi connectivity index (χ4n) is 4.02. The topological polar surface area (TPSA) is 74.8 Å². The van der Waals surface area contributed by atoms with Gasteiger partial charge in [-0.15, -0.1) is 0 Å². The number of piperidine rings is 1. The first kappa shape index (κ1) is 19.4. The van der Waals surface area contributed by atoms with Gasteiger partial charge in [-0.25, -0.2) is 4.79 Å². The number of benzene rings is 1. The van der Waals surface area contributed by atoms with Crippen LogP contribution in [0.4, 0.5) is 10.5 Å². The third-order valence-corrected chi connectivity index (χ3v) is 5.64. The third-order valence-electron chi connectivity index (χ3n) is 5.64. The minimum absolute atomic E-state index is 0.00513. The van der Waals surface area contributed by atoms with Crippen LogP contribution < -0.4 is 5.32 Å². The molecule has 1 N–H and O–H groups in total. The summed E-state index contributed by atoms with van der Waals surface area (Å²) in [6.07, 6.45) is 4.79. The minimum Gasteiger partial charge on any atom is -0.371 e. The quantitative estimate of drug-likeness (QED) is 0.850. The second-order valence-electron chi connectivity index (χ2n) is 7.79. The molecule has 3 amide bonds. The average molecular weight is 394 g/mol. The summed E-state index contributed by atoms with van der Waals surface area (Å²) in [4.78, 5) is 33.2. The number of nitrogens with zero attached hydrogens (tertiary/aromatic N) is 3. The number of hydrogen-bond acceptors (Lipinski definition) is 4. The van der Waals surface area contributed by atoms with Gasteiger partial charge in [0.05, 0.1) is 24.3 Å². The van der Waals surface area contributed by atoms with Crippen molar-refractivity contribution in [2.24, 2.45) is 0 Å². The number of urea groups is 1. The van der Waals surface area contributed by atoms with E-state index < -0.39 is 0 Å². The van der Waals surface area contributed by atoms with Crippen LogP contribution in [0.15, 0.2) is 48.8 Å². The second-order valence-corrected chi connectivity index (χ2v) is 7.79. The number of carbonyl (C=O) groups excluding carboxylic acids is 2. The molecule has 1 spiro atoms. The molecule has 1 aromatic carbocycles. The smallest absolute Gasteiger partial charge is 0.322 e. The van der Waals surface area contributed by atoms with Gasteiger partial charge in [0.25, 0.3) is 5.91 Å². The first-order valence-corrected chi connectivity index (χ1v) is 10.0. The Labute approximate surface area is 170 Å². The molecular formula is C22H26N4O3. The number of likely N-dealkylation sites (tertiary alicyclic amines) is 1. The molecule has 7 nitrogen and oxygen atoms in total. The zero-order valence-corrected chi connectivity index (χ0v) is 16.6. The summed E-state index contributed by atoms with van der Waals surface area (Å²) < 4.78 is 6.12. The van der Waals surface area contributed by atoms with Crippen molar-refractivity contribution in [2.75, 3.05) is 38.1 Å². The largest absolute Gasteiger partial charge is 0.371 e. The zero-order valence-electron chi connectivity index (χ0n) is 16.6. The predicted octanol–water partition coefficient (Wildman–Crippen LogP) is 2.93. The van der Waals surface area contributed by atoms with E-state index in [0.29, 0.717) is 51.2 Å². The summed E-state index contributed by atoms with van der Waals surface area (Å²) in [5, 5.41) is 2.95. The number of morpholine rings is 1. The Hall–Kier alpha value is -2.93. The molecule has 2 aliphatic rings. The SMILES string of the molecule is Cc1cncc(C(=O)N2CCC3(CC2)CN(C(=O)Nc2ccccc2)CCO3)c1. The normalized spacial score (nSPS) is 18.5. The zero-order chi connectivity index (χ0) is 20.3. The van der Waals surface area contributed by atoms with Crippen molar-refractivity contribution in [3.8, 4) is 0 Å². The number of amides is 3. The van der Waals surface area contributed by atoms with E-state index in [-0.39, 0.29) is 17.5 Å². The maximum atomic E-state index is 12.8. The van der Waals surface area contributed by atoms with Crippen LogP contribution in [0.3, 0.4) is 0 Å². The molecule has 152 valence electrons. The molecule has 0 bridgehead atoms. The van der Waals surface area contributed by atoms with E-state index in [1.165, 1.54) is 0 Å². The van der Waals surface area contributed by atoms with Crippen LogP contribution in [0.5, 0.6) is 0 Å². The molecule has 0 atom stereocenters. The monoisotopic (exact) mass is 394 g/mol. The molecule has 4 rings (SSSR count). The van der Waals surface area contributed by atoms with Crippen molar-refractivity contribution < 1.29 is 14.3 Å². The Morgan fingerprint density at radius 1 is 1.07 bits per heavy atom. The highest BCUT2D eigenvalue weighted by Crippen LogP contribution is 2.31. The fraction of sp³-hybridized carbons (Fsp3) is 0.409. The van der Waals surface area contributed by atoms with E-state index in [2.05, 4.69) is 10.3 Å². The van der Waals surface area contributed by atoms with Gasteiger partial charge >= 0.3 is 6.03 Å². The number of aromatic nitrogens is 1. The molecule has 7 heteroatoms. The first-order valence-electron chi connectivity index (χ1n) is 10.0. The summed E-state index contributed by atoms with van der Waals surface area (Å²) >= 11 is 0. The van der Waals surface area contributed by atoms with Crippen molar-refractivity contribution in [1.82, 2.24) is 14.8 Å². The highest BCUT2D eigenvalue weighted by Gasteiger charge is 2.42. The maximum Gasteiger partial charge on any atom is 0.322 e. The van der Waals surface area contributed by atoms with Crippen LogP contribution in [0.1, 0.15) is 28.8 Å². The van der Waals surface area contributed by atoms with Crippen molar-refractivity contribution >= 4 is 17.6 Å². The fourth-order valence-corrected chi connectivity index (χ4v) is 4.02. The van der Waals surface area contributed by atoms with E-state index in [9.17, 15) is 9.59 Å². The van der Waals surface area contributed by atoms with Crippen LogP contribution in [0.2, 0.25) is 0 Å².